The Morgan fingerprint density at radius 3 is 3.16 bits per heavy atom. The molecule has 0 bridgehead atoms. The monoisotopic (exact) mass is 259 g/mol. The van der Waals surface area contributed by atoms with Crippen molar-refractivity contribution < 1.29 is 9.53 Å². The fourth-order valence-corrected chi connectivity index (χ4v) is 2.15. The predicted octanol–water partition coefficient (Wildman–Crippen LogP) is 0.551. The van der Waals surface area contributed by atoms with Crippen LogP contribution in [-0.2, 0) is 16.1 Å². The molecule has 1 saturated heterocycles. The summed E-state index contributed by atoms with van der Waals surface area (Å²) in [4.78, 5) is 11.9. The van der Waals surface area contributed by atoms with Crippen LogP contribution in [0.1, 0.15) is 17.5 Å². The standard InChI is InChI=1S/C14H17N3O2/c1-19-12-6-13(16-9-12)14(18)17-8-11-4-2-3-10(5-11)7-15/h2-5,12-13,16H,6,8-9H2,1H3,(H,17,18). The van der Waals surface area contributed by atoms with Crippen molar-refractivity contribution in [1.82, 2.24) is 10.6 Å². The van der Waals surface area contributed by atoms with Gasteiger partial charge in [0.05, 0.1) is 23.8 Å². The summed E-state index contributed by atoms with van der Waals surface area (Å²) in [6.45, 7) is 1.14. The van der Waals surface area contributed by atoms with Gasteiger partial charge >= 0.3 is 0 Å². The molecule has 5 nitrogen and oxygen atoms in total. The van der Waals surface area contributed by atoms with Crippen molar-refractivity contribution in [2.45, 2.75) is 25.1 Å². The van der Waals surface area contributed by atoms with Crippen molar-refractivity contribution in [3.8, 4) is 6.07 Å². The molecule has 1 amide bonds. The van der Waals surface area contributed by atoms with Crippen LogP contribution in [0, 0.1) is 11.3 Å². The highest BCUT2D eigenvalue weighted by atomic mass is 16.5. The lowest BCUT2D eigenvalue weighted by molar-refractivity contribution is -0.123. The van der Waals surface area contributed by atoms with E-state index in [1.165, 1.54) is 0 Å². The lowest BCUT2D eigenvalue weighted by Crippen LogP contribution is -2.40. The Balaban J connectivity index is 1.85. The summed E-state index contributed by atoms with van der Waals surface area (Å²) in [5.41, 5.74) is 1.53. The Morgan fingerprint density at radius 1 is 1.63 bits per heavy atom. The summed E-state index contributed by atoms with van der Waals surface area (Å²) < 4.78 is 5.21. The highest BCUT2D eigenvalue weighted by Crippen LogP contribution is 2.10. The zero-order valence-electron chi connectivity index (χ0n) is 10.8. The van der Waals surface area contributed by atoms with E-state index in [0.717, 1.165) is 5.56 Å². The average Bonchev–Trinajstić information content (AvgIpc) is 2.94. The maximum Gasteiger partial charge on any atom is 0.237 e. The summed E-state index contributed by atoms with van der Waals surface area (Å²) in [5, 5.41) is 14.8. The molecule has 2 rings (SSSR count). The Hall–Kier alpha value is -1.90. The Morgan fingerprint density at radius 2 is 2.47 bits per heavy atom. The summed E-state index contributed by atoms with van der Waals surface area (Å²) in [5.74, 6) is -0.0260. The third-order valence-corrected chi connectivity index (χ3v) is 3.26. The van der Waals surface area contributed by atoms with Gasteiger partial charge in [-0.05, 0) is 24.1 Å². The van der Waals surface area contributed by atoms with Gasteiger partial charge in [-0.2, -0.15) is 5.26 Å². The van der Waals surface area contributed by atoms with Gasteiger partial charge in [0.25, 0.3) is 0 Å². The minimum absolute atomic E-state index is 0.0260. The van der Waals surface area contributed by atoms with Crippen molar-refractivity contribution in [3.63, 3.8) is 0 Å². The van der Waals surface area contributed by atoms with Crippen LogP contribution in [0.3, 0.4) is 0 Å². The van der Waals surface area contributed by atoms with Crippen molar-refractivity contribution in [1.29, 1.82) is 5.26 Å². The van der Waals surface area contributed by atoms with Gasteiger partial charge in [0, 0.05) is 20.2 Å². The minimum Gasteiger partial charge on any atom is -0.380 e. The predicted molar refractivity (Wildman–Crippen MR) is 70.2 cm³/mol. The normalized spacial score (nSPS) is 21.9. The number of nitrogens with one attached hydrogen (secondary N) is 2. The van der Waals surface area contributed by atoms with E-state index in [9.17, 15) is 4.79 Å². The number of nitriles is 1. The molecule has 1 aromatic rings. The number of methoxy groups -OCH3 is 1. The van der Waals surface area contributed by atoms with Gasteiger partial charge in [0.15, 0.2) is 0 Å². The zero-order chi connectivity index (χ0) is 13.7. The number of carbonyl (C=O) groups is 1. The van der Waals surface area contributed by atoms with Crippen LogP contribution in [-0.4, -0.2) is 31.7 Å². The van der Waals surface area contributed by atoms with Gasteiger partial charge in [-0.1, -0.05) is 12.1 Å². The summed E-state index contributed by atoms with van der Waals surface area (Å²) in [7, 11) is 1.65. The molecule has 5 heteroatoms. The second-order valence-electron chi connectivity index (χ2n) is 4.58. The van der Waals surface area contributed by atoms with Gasteiger partial charge in [-0.25, -0.2) is 0 Å². The molecule has 0 spiro atoms. The van der Waals surface area contributed by atoms with E-state index in [1.807, 2.05) is 12.1 Å². The smallest absolute Gasteiger partial charge is 0.237 e. The molecule has 2 atom stereocenters. The van der Waals surface area contributed by atoms with E-state index in [2.05, 4.69) is 16.7 Å². The number of hydrogen-bond acceptors (Lipinski definition) is 4. The molecule has 19 heavy (non-hydrogen) atoms. The van der Waals surface area contributed by atoms with Crippen molar-refractivity contribution >= 4 is 5.91 Å². The van der Waals surface area contributed by atoms with Crippen LogP contribution in [0.25, 0.3) is 0 Å². The molecule has 1 aromatic carbocycles. The molecule has 2 N–H and O–H groups in total. The van der Waals surface area contributed by atoms with Crippen molar-refractivity contribution in [3.05, 3.63) is 35.4 Å². The van der Waals surface area contributed by atoms with Gasteiger partial charge < -0.3 is 15.4 Å². The molecule has 2 unspecified atom stereocenters. The van der Waals surface area contributed by atoms with Crippen LogP contribution in [0.5, 0.6) is 0 Å². The number of ether oxygens (including phenoxy) is 1. The molecule has 1 aliphatic heterocycles. The molecular formula is C14H17N3O2. The summed E-state index contributed by atoms with van der Waals surface area (Å²) in [6.07, 6.45) is 0.804. The van der Waals surface area contributed by atoms with Crippen LogP contribution in [0.2, 0.25) is 0 Å². The first-order valence-electron chi connectivity index (χ1n) is 6.26. The zero-order valence-corrected chi connectivity index (χ0v) is 10.8. The number of benzene rings is 1. The van der Waals surface area contributed by atoms with E-state index in [0.29, 0.717) is 25.1 Å². The van der Waals surface area contributed by atoms with E-state index in [1.54, 1.807) is 19.2 Å². The minimum atomic E-state index is -0.191. The lowest BCUT2D eigenvalue weighted by atomic mass is 10.1. The lowest BCUT2D eigenvalue weighted by Gasteiger charge is -2.11. The van der Waals surface area contributed by atoms with E-state index in [4.69, 9.17) is 10.00 Å². The molecular weight excluding hydrogens is 242 g/mol. The van der Waals surface area contributed by atoms with E-state index in [-0.39, 0.29) is 18.1 Å². The third-order valence-electron chi connectivity index (χ3n) is 3.26. The molecule has 0 aliphatic carbocycles. The topological polar surface area (TPSA) is 74.2 Å². The van der Waals surface area contributed by atoms with E-state index >= 15 is 0 Å². The van der Waals surface area contributed by atoms with E-state index < -0.39 is 0 Å². The van der Waals surface area contributed by atoms with Gasteiger partial charge in [-0.15, -0.1) is 0 Å². The fraction of sp³-hybridized carbons (Fsp3) is 0.429. The first-order valence-corrected chi connectivity index (χ1v) is 6.26. The van der Waals surface area contributed by atoms with Crippen molar-refractivity contribution in [2.24, 2.45) is 0 Å². The Labute approximate surface area is 112 Å². The SMILES string of the molecule is COC1CNC(C(=O)NCc2cccc(C#N)c2)C1. The second-order valence-corrected chi connectivity index (χ2v) is 4.58. The first-order chi connectivity index (χ1) is 9.22. The number of nitrogens with zero attached hydrogens (tertiary/aromatic N) is 1. The molecule has 100 valence electrons. The van der Waals surface area contributed by atoms with Gasteiger partial charge in [0.2, 0.25) is 5.91 Å². The molecule has 0 radical (unpaired) electrons. The van der Waals surface area contributed by atoms with Gasteiger partial charge in [0.1, 0.15) is 0 Å². The summed E-state index contributed by atoms with van der Waals surface area (Å²) >= 11 is 0. The highest BCUT2D eigenvalue weighted by molar-refractivity contribution is 5.82. The first kappa shape index (κ1) is 13.5. The number of carbonyl (C=O) groups excluding carboxylic acids is 1. The number of amides is 1. The third kappa shape index (κ3) is 3.53. The Kier molecular flexibility index (Phi) is 4.50. The second kappa shape index (κ2) is 6.32. The quantitative estimate of drug-likeness (QED) is 0.828. The maximum absolute atomic E-state index is 11.9. The largest absolute Gasteiger partial charge is 0.380 e. The molecule has 0 aromatic heterocycles. The van der Waals surface area contributed by atoms with Crippen LogP contribution < -0.4 is 10.6 Å². The number of hydrogen-bond donors (Lipinski definition) is 2. The fourth-order valence-electron chi connectivity index (χ4n) is 2.15. The summed E-state index contributed by atoms with van der Waals surface area (Å²) in [6, 6.07) is 9.12. The maximum atomic E-state index is 11.9. The Bertz CT molecular complexity index is 496. The van der Waals surface area contributed by atoms with Crippen LogP contribution in [0.4, 0.5) is 0 Å². The molecule has 1 heterocycles. The van der Waals surface area contributed by atoms with Crippen LogP contribution >= 0.6 is 0 Å². The average molecular weight is 259 g/mol. The van der Waals surface area contributed by atoms with Crippen molar-refractivity contribution in [2.75, 3.05) is 13.7 Å². The molecule has 1 aliphatic rings. The number of rotatable bonds is 4. The molecule has 0 saturated carbocycles. The molecule has 1 fully saturated rings. The highest BCUT2D eigenvalue weighted by Gasteiger charge is 2.28. The van der Waals surface area contributed by atoms with Crippen LogP contribution in [0.15, 0.2) is 24.3 Å². The van der Waals surface area contributed by atoms with Gasteiger partial charge in [-0.3, -0.25) is 4.79 Å².